The Labute approximate surface area is 167 Å². The molecule has 152 valence electrons. The molecule has 0 aliphatic rings. The van der Waals surface area contributed by atoms with Gasteiger partial charge in [-0.1, -0.05) is 16.8 Å². The molecule has 1 aromatic heterocycles. The van der Waals surface area contributed by atoms with E-state index in [1.165, 1.54) is 0 Å². The molecule has 0 unspecified atom stereocenters. The second-order valence-corrected chi connectivity index (χ2v) is 6.93. The number of phenols is 3. The molecule has 0 radical (unpaired) electrons. The van der Waals surface area contributed by atoms with Gasteiger partial charge in [-0.05, 0) is 30.0 Å². The van der Waals surface area contributed by atoms with Gasteiger partial charge < -0.3 is 19.8 Å². The summed E-state index contributed by atoms with van der Waals surface area (Å²) in [6, 6.07) is 3.21. The third-order valence-corrected chi connectivity index (χ3v) is 4.78. The van der Waals surface area contributed by atoms with E-state index in [0.29, 0.717) is 6.07 Å². The molecule has 0 saturated heterocycles. The minimum atomic E-state index is -3.82. The third-order valence-electron chi connectivity index (χ3n) is 3.47. The van der Waals surface area contributed by atoms with Crippen LogP contribution in [-0.2, 0) is 5.25 Å². The van der Waals surface area contributed by atoms with Gasteiger partial charge in [0.15, 0.2) is 17.3 Å². The molecule has 3 aromatic rings. The zero-order valence-electron chi connectivity index (χ0n) is 13.6. The van der Waals surface area contributed by atoms with Crippen molar-refractivity contribution in [3.8, 4) is 28.7 Å². The molecule has 0 bridgehead atoms. The molecule has 2 aromatic carbocycles. The lowest BCUT2D eigenvalue weighted by Crippen LogP contribution is -2.10. The summed E-state index contributed by atoms with van der Waals surface area (Å²) in [5.74, 6) is -5.88. The average Bonchev–Trinajstić information content (AvgIpc) is 3.13. The molecule has 3 rings (SSSR count). The van der Waals surface area contributed by atoms with Crippen molar-refractivity contribution >= 4 is 29.1 Å². The van der Waals surface area contributed by atoms with Crippen molar-refractivity contribution in [1.29, 1.82) is 0 Å². The first kappa shape index (κ1) is 20.5. The normalized spacial score (nSPS) is 11.6. The van der Waals surface area contributed by atoms with E-state index in [2.05, 4.69) is 14.7 Å². The number of phenolic OH excluding ortho intramolecular Hbond substituents is 3. The molecule has 1 heterocycles. The van der Waals surface area contributed by atoms with Crippen molar-refractivity contribution in [1.82, 2.24) is 10.1 Å². The van der Waals surface area contributed by atoms with Crippen LogP contribution in [0.25, 0.3) is 11.5 Å². The number of benzene rings is 2. The van der Waals surface area contributed by atoms with Gasteiger partial charge in [0.25, 0.3) is 11.7 Å². The van der Waals surface area contributed by atoms with Crippen LogP contribution in [0, 0.1) is 15.9 Å². The number of hydrogen-bond acceptors (Lipinski definition) is 9. The minimum Gasteiger partial charge on any atom is -0.505 e. The van der Waals surface area contributed by atoms with Gasteiger partial charge >= 0.3 is 10.9 Å². The van der Waals surface area contributed by atoms with E-state index < -0.39 is 61.2 Å². The van der Waals surface area contributed by atoms with Crippen molar-refractivity contribution in [3.05, 3.63) is 51.0 Å². The highest BCUT2D eigenvalue weighted by atomic mass is 35.5. The van der Waals surface area contributed by atoms with Crippen LogP contribution in [0.15, 0.2) is 33.7 Å². The van der Waals surface area contributed by atoms with Crippen LogP contribution in [0.1, 0.15) is 5.82 Å². The molecule has 0 atom stereocenters. The Morgan fingerprint density at radius 3 is 2.52 bits per heavy atom. The Bertz CT molecular complexity index is 1130. The first-order valence-corrected chi connectivity index (χ1v) is 8.49. The molecular weight excluding hydrogens is 443 g/mol. The Morgan fingerprint density at radius 1 is 1.21 bits per heavy atom. The molecule has 0 amide bonds. The van der Waals surface area contributed by atoms with Gasteiger partial charge in [0.2, 0.25) is 5.75 Å². The molecule has 3 N–H and O–H groups in total. The van der Waals surface area contributed by atoms with Crippen molar-refractivity contribution in [2.45, 2.75) is 10.2 Å². The Balaban J connectivity index is 1.98. The van der Waals surface area contributed by atoms with Crippen LogP contribution in [0.2, 0.25) is 5.02 Å². The van der Waals surface area contributed by atoms with Gasteiger partial charge in [0, 0.05) is 11.0 Å². The second kappa shape index (κ2) is 7.33. The van der Waals surface area contributed by atoms with Gasteiger partial charge in [0.05, 0.1) is 15.5 Å². The zero-order chi connectivity index (χ0) is 21.5. The van der Waals surface area contributed by atoms with Gasteiger partial charge in [-0.3, -0.25) is 10.1 Å². The minimum absolute atomic E-state index is 0.127. The number of thioether (sulfide) groups is 1. The maximum absolute atomic E-state index is 14.4. The highest BCUT2D eigenvalue weighted by molar-refractivity contribution is 8.00. The lowest BCUT2D eigenvalue weighted by molar-refractivity contribution is -0.385. The third kappa shape index (κ3) is 3.86. The number of nitro benzene ring substituents is 1. The monoisotopic (exact) mass is 449 g/mol. The highest BCUT2D eigenvalue weighted by Gasteiger charge is 2.40. The van der Waals surface area contributed by atoms with Crippen LogP contribution in [-0.4, -0.2) is 30.4 Å². The van der Waals surface area contributed by atoms with Crippen LogP contribution < -0.4 is 0 Å². The summed E-state index contributed by atoms with van der Waals surface area (Å²) >= 11 is 5.65. The molecule has 0 aliphatic carbocycles. The van der Waals surface area contributed by atoms with E-state index >= 15 is 0 Å². The van der Waals surface area contributed by atoms with E-state index in [1.807, 2.05) is 0 Å². The lowest BCUT2D eigenvalue weighted by atomic mass is 10.1. The molecular formula is C15H7ClF3N3O6S. The summed E-state index contributed by atoms with van der Waals surface area (Å²) in [6.07, 6.45) is 0. The first-order chi connectivity index (χ1) is 13.5. The predicted octanol–water partition coefficient (Wildman–Crippen LogP) is 4.40. The van der Waals surface area contributed by atoms with E-state index in [1.54, 1.807) is 0 Å². The first-order valence-electron chi connectivity index (χ1n) is 7.30. The number of alkyl halides is 2. The number of aromatic hydroxyl groups is 3. The average molecular weight is 450 g/mol. The number of aromatic nitrogens is 2. The maximum atomic E-state index is 14.4. The lowest BCUT2D eigenvalue weighted by Gasteiger charge is -2.11. The Morgan fingerprint density at radius 2 is 1.90 bits per heavy atom. The summed E-state index contributed by atoms with van der Waals surface area (Å²) in [6.45, 7) is 0. The van der Waals surface area contributed by atoms with Crippen molar-refractivity contribution in [2.75, 3.05) is 0 Å². The summed E-state index contributed by atoms with van der Waals surface area (Å²) in [4.78, 5) is 13.1. The molecule has 29 heavy (non-hydrogen) atoms. The molecule has 0 spiro atoms. The summed E-state index contributed by atoms with van der Waals surface area (Å²) in [5, 5.41) is 38.1. The van der Waals surface area contributed by atoms with Crippen molar-refractivity contribution < 1.29 is 37.9 Å². The summed E-state index contributed by atoms with van der Waals surface area (Å²) in [5.41, 5.74) is -1.43. The Hall–Kier alpha value is -3.19. The molecule has 0 fully saturated rings. The second-order valence-electron chi connectivity index (χ2n) is 5.37. The molecule has 0 aliphatic heterocycles. The van der Waals surface area contributed by atoms with Crippen LogP contribution in [0.5, 0.6) is 17.2 Å². The van der Waals surface area contributed by atoms with E-state index in [0.717, 1.165) is 18.2 Å². The molecule has 0 saturated carbocycles. The molecule has 9 nitrogen and oxygen atoms in total. The van der Waals surface area contributed by atoms with Crippen LogP contribution in [0.3, 0.4) is 0 Å². The van der Waals surface area contributed by atoms with Crippen LogP contribution in [0.4, 0.5) is 18.9 Å². The van der Waals surface area contributed by atoms with Gasteiger partial charge in [-0.15, -0.1) is 0 Å². The quantitative estimate of drug-likeness (QED) is 0.223. The highest BCUT2D eigenvalue weighted by Crippen LogP contribution is 2.48. The van der Waals surface area contributed by atoms with E-state index in [4.69, 9.17) is 11.6 Å². The standard InChI is InChI=1S/C15H7ClF3N3O6S/c16-10-6(4-8(22(26)27)11(24)12(10)25)13-20-14(21-28-13)15(18,19)29-5-1-2-7(17)9(23)3-5/h1-4,23-25H. The summed E-state index contributed by atoms with van der Waals surface area (Å²) < 4.78 is 46.6. The zero-order valence-corrected chi connectivity index (χ0v) is 15.2. The number of halogens is 4. The van der Waals surface area contributed by atoms with Crippen molar-refractivity contribution in [3.63, 3.8) is 0 Å². The summed E-state index contributed by atoms with van der Waals surface area (Å²) in [7, 11) is 0. The van der Waals surface area contributed by atoms with Gasteiger partial charge in [-0.25, -0.2) is 4.39 Å². The maximum Gasteiger partial charge on any atom is 0.360 e. The fourth-order valence-corrected chi connectivity index (χ4v) is 3.12. The SMILES string of the molecule is O=[N+]([O-])c1cc(-c2nc(C(F)(F)Sc3ccc(F)c(O)c3)no2)c(Cl)c(O)c1O. The topological polar surface area (TPSA) is 143 Å². The Kier molecular flexibility index (Phi) is 5.19. The number of nitro groups is 1. The number of rotatable bonds is 5. The smallest absolute Gasteiger partial charge is 0.360 e. The van der Waals surface area contributed by atoms with Crippen molar-refractivity contribution in [2.24, 2.45) is 0 Å². The van der Waals surface area contributed by atoms with Gasteiger partial charge in [-0.2, -0.15) is 13.8 Å². The number of hydrogen-bond donors (Lipinski definition) is 3. The fraction of sp³-hybridized carbons (Fsp3) is 0.0667. The predicted molar refractivity (Wildman–Crippen MR) is 92.5 cm³/mol. The molecule has 14 heteroatoms. The fourth-order valence-electron chi connectivity index (χ4n) is 2.12. The van der Waals surface area contributed by atoms with E-state index in [-0.39, 0.29) is 16.7 Å². The van der Waals surface area contributed by atoms with Crippen LogP contribution >= 0.6 is 23.4 Å². The number of nitrogens with zero attached hydrogens (tertiary/aromatic N) is 3. The van der Waals surface area contributed by atoms with E-state index in [9.17, 15) is 38.6 Å². The largest absolute Gasteiger partial charge is 0.505 e. The van der Waals surface area contributed by atoms with Gasteiger partial charge in [0.1, 0.15) is 0 Å².